The van der Waals surface area contributed by atoms with Crippen LogP contribution in [0.15, 0.2) is 24.3 Å². The highest BCUT2D eigenvalue weighted by Crippen LogP contribution is 2.35. The van der Waals surface area contributed by atoms with Gasteiger partial charge in [-0.1, -0.05) is 25.1 Å². The van der Waals surface area contributed by atoms with Gasteiger partial charge in [0.2, 0.25) is 0 Å². The summed E-state index contributed by atoms with van der Waals surface area (Å²) in [6.07, 6.45) is 1.19. The second-order valence-corrected chi connectivity index (χ2v) is 4.99. The summed E-state index contributed by atoms with van der Waals surface area (Å²) in [6, 6.07) is 9.33. The number of aryl methyl sites for hydroxylation is 1. The first-order chi connectivity index (χ1) is 8.24. The molecule has 0 fully saturated rings. The first-order valence-electron chi connectivity index (χ1n) is 6.54. The molecule has 1 atom stereocenters. The lowest BCUT2D eigenvalue weighted by molar-refractivity contribution is 0.203. The molecule has 0 spiro atoms. The lowest BCUT2D eigenvalue weighted by atomic mass is 9.98. The Morgan fingerprint density at radius 1 is 1.29 bits per heavy atom. The summed E-state index contributed by atoms with van der Waals surface area (Å²) < 4.78 is 2.39. The number of aromatic nitrogens is 1. The molecule has 2 heterocycles. The van der Waals surface area contributed by atoms with E-state index in [1.165, 1.54) is 29.6 Å². The molecule has 1 aliphatic heterocycles. The third-order valence-electron chi connectivity index (χ3n) is 4.26. The quantitative estimate of drug-likeness (QED) is 0.728. The molecule has 1 unspecified atom stereocenters. The first-order valence-corrected chi connectivity index (χ1v) is 6.54. The van der Waals surface area contributed by atoms with E-state index in [0.717, 1.165) is 6.54 Å². The van der Waals surface area contributed by atoms with Gasteiger partial charge in [-0.2, -0.15) is 0 Å². The minimum absolute atomic E-state index is 0.543. The molecule has 0 radical (unpaired) electrons. The van der Waals surface area contributed by atoms with Crippen LogP contribution in [0.25, 0.3) is 10.9 Å². The van der Waals surface area contributed by atoms with E-state index in [0.29, 0.717) is 6.04 Å². The molecule has 1 aliphatic rings. The number of hydrogen-bond donors (Lipinski definition) is 0. The second kappa shape index (κ2) is 3.88. The van der Waals surface area contributed by atoms with Crippen molar-refractivity contribution in [2.75, 3.05) is 13.1 Å². The zero-order chi connectivity index (χ0) is 12.0. The van der Waals surface area contributed by atoms with Gasteiger partial charge in [0.15, 0.2) is 0 Å². The molecule has 0 amide bonds. The lowest BCUT2D eigenvalue weighted by Crippen LogP contribution is -2.34. The molecule has 0 saturated heterocycles. The van der Waals surface area contributed by atoms with Crippen molar-refractivity contribution in [3.63, 3.8) is 0 Å². The van der Waals surface area contributed by atoms with Crippen molar-refractivity contribution in [2.45, 2.75) is 26.3 Å². The van der Waals surface area contributed by atoms with Gasteiger partial charge in [0.25, 0.3) is 0 Å². The fourth-order valence-corrected chi connectivity index (χ4v) is 3.34. The van der Waals surface area contributed by atoms with Crippen LogP contribution in [0, 0.1) is 0 Å². The van der Waals surface area contributed by atoms with E-state index in [1.54, 1.807) is 5.56 Å². The van der Waals surface area contributed by atoms with E-state index in [4.69, 9.17) is 0 Å². The Labute approximate surface area is 103 Å². The average molecular weight is 228 g/mol. The largest absolute Gasteiger partial charge is 0.346 e. The second-order valence-electron chi connectivity index (χ2n) is 4.99. The van der Waals surface area contributed by atoms with Gasteiger partial charge >= 0.3 is 0 Å². The normalized spacial score (nSPS) is 20.8. The SMILES string of the molecule is CCN1CCc2c(n(C)c3ccccc23)C1C. The maximum atomic E-state index is 2.56. The minimum Gasteiger partial charge on any atom is -0.346 e. The number of para-hydroxylation sites is 1. The summed E-state index contributed by atoms with van der Waals surface area (Å²) in [6.45, 7) is 6.92. The van der Waals surface area contributed by atoms with Crippen molar-refractivity contribution in [3.8, 4) is 0 Å². The Kier molecular flexibility index (Phi) is 2.48. The van der Waals surface area contributed by atoms with Crippen LogP contribution in [0.2, 0.25) is 0 Å². The van der Waals surface area contributed by atoms with Gasteiger partial charge < -0.3 is 4.57 Å². The van der Waals surface area contributed by atoms with Crippen LogP contribution in [0.1, 0.15) is 31.1 Å². The van der Waals surface area contributed by atoms with Crippen LogP contribution < -0.4 is 0 Å². The van der Waals surface area contributed by atoms with E-state index in [-0.39, 0.29) is 0 Å². The Balaban J connectivity index is 2.26. The molecule has 17 heavy (non-hydrogen) atoms. The van der Waals surface area contributed by atoms with Crippen molar-refractivity contribution < 1.29 is 0 Å². The number of rotatable bonds is 1. The third-order valence-corrected chi connectivity index (χ3v) is 4.26. The minimum atomic E-state index is 0.543. The average Bonchev–Trinajstić information content (AvgIpc) is 2.65. The fraction of sp³-hybridized carbons (Fsp3) is 0.467. The van der Waals surface area contributed by atoms with Gasteiger partial charge in [-0.25, -0.2) is 0 Å². The Bertz CT molecular complexity index is 553. The van der Waals surface area contributed by atoms with Crippen molar-refractivity contribution in [1.29, 1.82) is 0 Å². The molecule has 0 saturated carbocycles. The van der Waals surface area contributed by atoms with Gasteiger partial charge in [0.1, 0.15) is 0 Å². The maximum Gasteiger partial charge on any atom is 0.0483 e. The molecule has 1 aromatic heterocycles. The summed E-state index contributed by atoms with van der Waals surface area (Å²) >= 11 is 0. The molecule has 2 aromatic rings. The van der Waals surface area contributed by atoms with Gasteiger partial charge in [-0.3, -0.25) is 4.90 Å². The highest BCUT2D eigenvalue weighted by Gasteiger charge is 2.27. The van der Waals surface area contributed by atoms with E-state index >= 15 is 0 Å². The Morgan fingerprint density at radius 2 is 2.06 bits per heavy atom. The van der Waals surface area contributed by atoms with Gasteiger partial charge in [-0.05, 0) is 31.5 Å². The predicted molar refractivity (Wildman–Crippen MR) is 72.3 cm³/mol. The number of benzene rings is 1. The highest BCUT2D eigenvalue weighted by molar-refractivity contribution is 5.86. The highest BCUT2D eigenvalue weighted by atomic mass is 15.2. The lowest BCUT2D eigenvalue weighted by Gasteiger charge is -2.33. The zero-order valence-electron chi connectivity index (χ0n) is 10.9. The monoisotopic (exact) mass is 228 g/mol. The molecule has 0 aliphatic carbocycles. The van der Waals surface area contributed by atoms with Crippen molar-refractivity contribution in [3.05, 3.63) is 35.5 Å². The number of nitrogens with zero attached hydrogens (tertiary/aromatic N) is 2. The van der Waals surface area contributed by atoms with Crippen molar-refractivity contribution in [2.24, 2.45) is 7.05 Å². The molecule has 2 nitrogen and oxygen atoms in total. The predicted octanol–water partition coefficient (Wildman–Crippen LogP) is 3.12. The Hall–Kier alpha value is -1.28. The smallest absolute Gasteiger partial charge is 0.0483 e. The molecule has 0 bridgehead atoms. The molecular weight excluding hydrogens is 208 g/mol. The van der Waals surface area contributed by atoms with Crippen LogP contribution in [-0.2, 0) is 13.5 Å². The molecule has 3 rings (SSSR count). The van der Waals surface area contributed by atoms with Crippen molar-refractivity contribution in [1.82, 2.24) is 9.47 Å². The molecule has 2 heteroatoms. The summed E-state index contributed by atoms with van der Waals surface area (Å²) in [4.78, 5) is 2.56. The number of hydrogen-bond acceptors (Lipinski definition) is 1. The third kappa shape index (κ3) is 1.44. The van der Waals surface area contributed by atoms with Gasteiger partial charge in [0, 0.05) is 36.2 Å². The number of fused-ring (bicyclic) bond motifs is 3. The van der Waals surface area contributed by atoms with Gasteiger partial charge in [0.05, 0.1) is 0 Å². The topological polar surface area (TPSA) is 8.17 Å². The van der Waals surface area contributed by atoms with Crippen LogP contribution in [0.5, 0.6) is 0 Å². The fourth-order valence-electron chi connectivity index (χ4n) is 3.34. The summed E-state index contributed by atoms with van der Waals surface area (Å²) in [5.74, 6) is 0. The summed E-state index contributed by atoms with van der Waals surface area (Å²) in [5.41, 5.74) is 4.46. The van der Waals surface area contributed by atoms with E-state index < -0.39 is 0 Å². The van der Waals surface area contributed by atoms with Crippen LogP contribution in [0.4, 0.5) is 0 Å². The molecule has 0 N–H and O–H groups in total. The van der Waals surface area contributed by atoms with E-state index in [9.17, 15) is 0 Å². The summed E-state index contributed by atoms with van der Waals surface area (Å²) in [7, 11) is 2.21. The first kappa shape index (κ1) is 10.8. The van der Waals surface area contributed by atoms with Crippen LogP contribution in [0.3, 0.4) is 0 Å². The van der Waals surface area contributed by atoms with Gasteiger partial charge in [-0.15, -0.1) is 0 Å². The molecular formula is C15H20N2. The van der Waals surface area contributed by atoms with Crippen LogP contribution in [-0.4, -0.2) is 22.6 Å². The van der Waals surface area contributed by atoms with E-state index in [2.05, 4.69) is 54.6 Å². The zero-order valence-corrected chi connectivity index (χ0v) is 10.9. The Morgan fingerprint density at radius 3 is 2.82 bits per heavy atom. The molecule has 1 aromatic carbocycles. The number of likely N-dealkylation sites (N-methyl/N-ethyl adjacent to an activating group) is 1. The summed E-state index contributed by atoms with van der Waals surface area (Å²) in [5, 5.41) is 1.45. The maximum absolute atomic E-state index is 2.56. The van der Waals surface area contributed by atoms with E-state index in [1.807, 2.05) is 0 Å². The standard InChI is InChI=1S/C15H20N2/c1-4-17-10-9-13-12-7-5-6-8-14(12)16(3)15(13)11(17)2/h5-8,11H,4,9-10H2,1-3H3. The van der Waals surface area contributed by atoms with Crippen molar-refractivity contribution >= 4 is 10.9 Å². The van der Waals surface area contributed by atoms with Crippen LogP contribution >= 0.6 is 0 Å². The molecule has 90 valence electrons.